The van der Waals surface area contributed by atoms with Crippen molar-refractivity contribution in [3.8, 4) is 17.2 Å². The van der Waals surface area contributed by atoms with E-state index in [4.69, 9.17) is 0 Å². The Morgan fingerprint density at radius 2 is 1.69 bits per heavy atom. The van der Waals surface area contributed by atoms with Crippen molar-refractivity contribution < 1.29 is 13.2 Å². The molecule has 1 unspecified atom stereocenters. The predicted molar refractivity (Wildman–Crippen MR) is 169 cm³/mol. The van der Waals surface area contributed by atoms with E-state index < -0.39 is 11.7 Å². The smallest absolute Gasteiger partial charge is 0.405 e. The summed E-state index contributed by atoms with van der Waals surface area (Å²) in [6.45, 7) is 13.0. The molecule has 3 N–H and O–H groups in total. The number of nitrogens with one attached hydrogen (secondary N) is 1. The summed E-state index contributed by atoms with van der Waals surface area (Å²) in [6, 6.07) is 22.4. The van der Waals surface area contributed by atoms with Crippen LogP contribution in [0.15, 0.2) is 86.1 Å². The standard InChI is InChI=1S/C31H32F3N3.C2H5N.C2H6/c1-21(36-2)23-7-9-24(10-8-23)26-6-4-5-22(17-26)18-29(25-13-15-37(3)16-14-25)27-11-12-28(20-35)30(19-27)31(32,33)34;1-2-3;1-2/h4-12,17,19,25,29,36H,1,13-16,18H2,2-3H3;2H,1,3H2;1-2H3. The minimum atomic E-state index is -4.57. The largest absolute Gasteiger partial charge is 0.417 e. The number of nitrogens with two attached hydrogens (primary N) is 1. The average molecular weight is 577 g/mol. The molecule has 1 saturated heterocycles. The fraction of sp³-hybridized carbons (Fsp3) is 0.343. The van der Waals surface area contributed by atoms with Gasteiger partial charge in [-0.15, -0.1) is 0 Å². The maximum atomic E-state index is 13.8. The molecule has 3 aromatic rings. The number of nitriles is 1. The van der Waals surface area contributed by atoms with E-state index in [1.54, 1.807) is 12.1 Å². The van der Waals surface area contributed by atoms with Gasteiger partial charge < -0.3 is 16.0 Å². The molecule has 4 nitrogen and oxygen atoms in total. The van der Waals surface area contributed by atoms with Crippen molar-refractivity contribution in [2.75, 3.05) is 27.2 Å². The lowest BCUT2D eigenvalue weighted by Crippen LogP contribution is -2.33. The quantitative estimate of drug-likeness (QED) is 0.297. The summed E-state index contributed by atoms with van der Waals surface area (Å²) < 4.78 is 41.3. The molecule has 1 aliphatic rings. The maximum absolute atomic E-state index is 13.8. The number of benzene rings is 3. The Labute approximate surface area is 249 Å². The van der Waals surface area contributed by atoms with E-state index in [9.17, 15) is 18.4 Å². The molecule has 42 heavy (non-hydrogen) atoms. The number of halogens is 3. The first-order chi connectivity index (χ1) is 20.1. The first kappa shape index (κ1) is 34.2. The number of hydrogen-bond donors (Lipinski definition) is 2. The molecule has 1 atom stereocenters. The molecule has 1 aliphatic heterocycles. The van der Waals surface area contributed by atoms with Crippen LogP contribution in [-0.4, -0.2) is 32.1 Å². The van der Waals surface area contributed by atoms with Gasteiger partial charge in [-0.2, -0.15) is 18.4 Å². The van der Waals surface area contributed by atoms with E-state index in [-0.39, 0.29) is 17.4 Å². The second kappa shape index (κ2) is 16.4. The zero-order chi connectivity index (χ0) is 31.3. The minimum Gasteiger partial charge on any atom is -0.405 e. The van der Waals surface area contributed by atoms with Gasteiger partial charge in [0.05, 0.1) is 17.2 Å². The van der Waals surface area contributed by atoms with Crippen LogP contribution in [0, 0.1) is 17.2 Å². The van der Waals surface area contributed by atoms with Crippen LogP contribution in [-0.2, 0) is 12.6 Å². The van der Waals surface area contributed by atoms with Gasteiger partial charge in [0.1, 0.15) is 0 Å². The molecule has 7 heteroatoms. The topological polar surface area (TPSA) is 65.1 Å². The molecular formula is C35H43F3N4. The maximum Gasteiger partial charge on any atom is 0.417 e. The Bertz CT molecular complexity index is 1330. The highest BCUT2D eigenvalue weighted by Crippen LogP contribution is 2.39. The van der Waals surface area contributed by atoms with Crippen molar-refractivity contribution in [1.82, 2.24) is 10.2 Å². The van der Waals surface area contributed by atoms with Gasteiger partial charge >= 0.3 is 6.18 Å². The number of piperidine rings is 1. The minimum absolute atomic E-state index is 0.0703. The molecule has 0 amide bonds. The molecule has 1 heterocycles. The average Bonchev–Trinajstić information content (AvgIpc) is 3.01. The van der Waals surface area contributed by atoms with E-state index >= 15 is 0 Å². The van der Waals surface area contributed by atoms with Crippen molar-refractivity contribution in [2.24, 2.45) is 11.7 Å². The first-order valence-electron chi connectivity index (χ1n) is 14.3. The van der Waals surface area contributed by atoms with Gasteiger partial charge in [-0.25, -0.2) is 0 Å². The normalized spacial score (nSPS) is 14.2. The van der Waals surface area contributed by atoms with Crippen molar-refractivity contribution in [3.63, 3.8) is 0 Å². The van der Waals surface area contributed by atoms with Crippen LogP contribution >= 0.6 is 0 Å². The van der Waals surface area contributed by atoms with E-state index in [1.807, 2.05) is 39.1 Å². The van der Waals surface area contributed by atoms with Crippen LogP contribution < -0.4 is 11.1 Å². The third-order valence-corrected chi connectivity index (χ3v) is 7.48. The molecular weight excluding hydrogens is 533 g/mol. The second-order valence-electron chi connectivity index (χ2n) is 10.1. The molecule has 0 spiro atoms. The second-order valence-corrected chi connectivity index (χ2v) is 10.1. The molecule has 0 bridgehead atoms. The van der Waals surface area contributed by atoms with Crippen LogP contribution in [0.1, 0.15) is 60.4 Å². The molecule has 4 rings (SSSR count). The Morgan fingerprint density at radius 1 is 1.07 bits per heavy atom. The zero-order valence-corrected chi connectivity index (χ0v) is 25.1. The molecule has 3 aromatic carbocycles. The van der Waals surface area contributed by atoms with Crippen molar-refractivity contribution in [1.29, 1.82) is 5.26 Å². The highest BCUT2D eigenvalue weighted by Gasteiger charge is 2.35. The monoisotopic (exact) mass is 576 g/mol. The lowest BCUT2D eigenvalue weighted by Gasteiger charge is -2.35. The third-order valence-electron chi connectivity index (χ3n) is 7.48. The predicted octanol–water partition coefficient (Wildman–Crippen LogP) is 8.22. The fourth-order valence-corrected chi connectivity index (χ4v) is 5.25. The summed E-state index contributed by atoms with van der Waals surface area (Å²) in [7, 11) is 3.92. The van der Waals surface area contributed by atoms with Crippen LogP contribution in [0.4, 0.5) is 13.2 Å². The SMILES string of the molecule is C=C(NC)c1ccc(-c2cccc(CC(c3ccc(C#N)c(C(F)(F)F)c3)C3CCN(C)CC3)c2)cc1.C=CN.CC. The first-order valence-corrected chi connectivity index (χ1v) is 14.3. The van der Waals surface area contributed by atoms with Gasteiger partial charge in [-0.3, -0.25) is 0 Å². The molecule has 224 valence electrons. The highest BCUT2D eigenvalue weighted by atomic mass is 19.4. The molecule has 0 aliphatic carbocycles. The number of nitrogens with zero attached hydrogens (tertiary/aromatic N) is 2. The molecule has 0 saturated carbocycles. The van der Waals surface area contributed by atoms with Crippen molar-refractivity contribution in [3.05, 3.63) is 114 Å². The van der Waals surface area contributed by atoms with Crippen LogP contribution in [0.3, 0.4) is 0 Å². The molecule has 0 aromatic heterocycles. The van der Waals surface area contributed by atoms with Crippen LogP contribution in [0.5, 0.6) is 0 Å². The van der Waals surface area contributed by atoms with Gasteiger partial charge in [0.25, 0.3) is 0 Å². The van der Waals surface area contributed by atoms with E-state index in [0.717, 1.165) is 53.9 Å². The number of likely N-dealkylation sites (tertiary alicyclic amines) is 1. The van der Waals surface area contributed by atoms with Crippen LogP contribution in [0.25, 0.3) is 16.8 Å². The van der Waals surface area contributed by atoms with Gasteiger partial charge in [0, 0.05) is 12.7 Å². The number of alkyl halides is 3. The third kappa shape index (κ3) is 9.25. The van der Waals surface area contributed by atoms with E-state index in [1.165, 1.54) is 18.3 Å². The van der Waals surface area contributed by atoms with E-state index in [2.05, 4.69) is 66.5 Å². The van der Waals surface area contributed by atoms with Crippen molar-refractivity contribution >= 4 is 5.70 Å². The Balaban J connectivity index is 0.00000116. The highest BCUT2D eigenvalue weighted by molar-refractivity contribution is 5.69. The Hall–Kier alpha value is -4.02. The molecule has 0 radical (unpaired) electrons. The summed E-state index contributed by atoms with van der Waals surface area (Å²) >= 11 is 0. The van der Waals surface area contributed by atoms with Gasteiger partial charge in [0.2, 0.25) is 0 Å². The lowest BCUT2D eigenvalue weighted by atomic mass is 9.76. The Morgan fingerprint density at radius 3 is 2.24 bits per heavy atom. The van der Waals surface area contributed by atoms with Gasteiger partial charge in [0.15, 0.2) is 0 Å². The van der Waals surface area contributed by atoms with Crippen molar-refractivity contribution in [2.45, 2.75) is 45.2 Å². The lowest BCUT2D eigenvalue weighted by molar-refractivity contribution is -0.137. The Kier molecular flexibility index (Phi) is 13.4. The summed E-state index contributed by atoms with van der Waals surface area (Å²) in [5.41, 5.74) is 9.18. The summed E-state index contributed by atoms with van der Waals surface area (Å²) in [6.07, 6.45) is -0.818. The summed E-state index contributed by atoms with van der Waals surface area (Å²) in [4.78, 5) is 2.26. The summed E-state index contributed by atoms with van der Waals surface area (Å²) in [5.74, 6) is 0.194. The zero-order valence-electron chi connectivity index (χ0n) is 25.1. The number of rotatable bonds is 7. The molecule has 1 fully saturated rings. The van der Waals surface area contributed by atoms with E-state index in [0.29, 0.717) is 12.0 Å². The number of hydrogen-bond acceptors (Lipinski definition) is 4. The van der Waals surface area contributed by atoms with Crippen LogP contribution in [0.2, 0.25) is 0 Å². The fourth-order valence-electron chi connectivity index (χ4n) is 5.25. The summed E-state index contributed by atoms with van der Waals surface area (Å²) in [5, 5.41) is 12.3. The van der Waals surface area contributed by atoms with Gasteiger partial charge in [-0.1, -0.05) is 81.6 Å². The van der Waals surface area contributed by atoms with Gasteiger partial charge in [-0.05, 0) is 97.4 Å².